The summed E-state index contributed by atoms with van der Waals surface area (Å²) in [7, 11) is 0. The maximum atomic E-state index is 13.6. The van der Waals surface area contributed by atoms with Crippen LogP contribution < -0.4 is 5.32 Å². The van der Waals surface area contributed by atoms with Crippen LogP contribution in [0.3, 0.4) is 0 Å². The number of para-hydroxylation sites is 1. The molecule has 1 amide bonds. The lowest BCUT2D eigenvalue weighted by molar-refractivity contribution is 0.0822. The highest BCUT2D eigenvalue weighted by Gasteiger charge is 2.18. The van der Waals surface area contributed by atoms with Gasteiger partial charge in [-0.15, -0.1) is 0 Å². The Morgan fingerprint density at radius 2 is 2.25 bits per heavy atom. The molecule has 1 aromatic heterocycles. The van der Waals surface area contributed by atoms with Gasteiger partial charge in [0.2, 0.25) is 0 Å². The molecular weight excluding hydrogens is 265 g/mol. The number of carbonyl (C=O) groups is 1. The Kier molecular flexibility index (Phi) is 4.70. The lowest BCUT2D eigenvalue weighted by Crippen LogP contribution is -2.27. The van der Waals surface area contributed by atoms with E-state index in [2.05, 4.69) is 5.32 Å². The van der Waals surface area contributed by atoms with Crippen molar-refractivity contribution in [2.24, 2.45) is 0 Å². The molecule has 20 heavy (non-hydrogen) atoms. The van der Waals surface area contributed by atoms with Gasteiger partial charge in [0, 0.05) is 17.5 Å². The zero-order chi connectivity index (χ0) is 14.5. The fourth-order valence-electron chi connectivity index (χ4n) is 1.91. The molecule has 0 aliphatic heterocycles. The second-order valence-electron chi connectivity index (χ2n) is 4.26. The average molecular weight is 281 g/mol. The second kappa shape index (κ2) is 6.49. The summed E-state index contributed by atoms with van der Waals surface area (Å²) < 4.78 is 23.9. The molecular formula is C14H16FNO4. The van der Waals surface area contributed by atoms with Crippen LogP contribution in [-0.2, 0) is 4.74 Å². The van der Waals surface area contributed by atoms with Crippen LogP contribution in [-0.4, -0.2) is 37.4 Å². The van der Waals surface area contributed by atoms with Crippen molar-refractivity contribution in [3.8, 4) is 0 Å². The molecule has 2 aromatic rings. The molecule has 108 valence electrons. The largest absolute Gasteiger partial charge is 0.448 e. The summed E-state index contributed by atoms with van der Waals surface area (Å²) in [5.41, 5.74) is 0.694. The minimum Gasteiger partial charge on any atom is -0.448 e. The van der Waals surface area contributed by atoms with Crippen LogP contribution in [0.25, 0.3) is 11.0 Å². The van der Waals surface area contributed by atoms with E-state index in [0.29, 0.717) is 17.6 Å². The summed E-state index contributed by atoms with van der Waals surface area (Å²) in [5.74, 6) is -0.797. The summed E-state index contributed by atoms with van der Waals surface area (Å²) in [4.78, 5) is 11.9. The maximum Gasteiger partial charge on any atom is 0.287 e. The monoisotopic (exact) mass is 281 g/mol. The third-order valence-corrected chi connectivity index (χ3v) is 2.89. The molecule has 0 aliphatic carbocycles. The molecule has 0 radical (unpaired) electrons. The Balaban J connectivity index is 2.07. The highest BCUT2D eigenvalue weighted by atomic mass is 19.1. The number of aliphatic hydroxyl groups excluding tert-OH is 1. The number of nitrogens with one attached hydrogen (secondary N) is 1. The van der Waals surface area contributed by atoms with E-state index >= 15 is 0 Å². The Morgan fingerprint density at radius 1 is 1.45 bits per heavy atom. The number of aliphatic hydroxyl groups is 1. The number of hydrogen-bond donors (Lipinski definition) is 2. The van der Waals surface area contributed by atoms with Crippen LogP contribution in [0.1, 0.15) is 16.1 Å². The molecule has 0 unspecified atom stereocenters. The number of hydrogen-bond acceptors (Lipinski definition) is 4. The van der Waals surface area contributed by atoms with E-state index in [9.17, 15) is 9.18 Å². The SMILES string of the molecule is Cc1c(C(=O)NCCOCCO)oc2c(F)cccc12. The number of rotatable bonds is 6. The molecule has 1 aromatic carbocycles. The van der Waals surface area contributed by atoms with Crippen LogP contribution in [0.2, 0.25) is 0 Å². The third kappa shape index (κ3) is 2.97. The van der Waals surface area contributed by atoms with Gasteiger partial charge in [-0.25, -0.2) is 4.39 Å². The first kappa shape index (κ1) is 14.5. The van der Waals surface area contributed by atoms with Gasteiger partial charge >= 0.3 is 0 Å². The zero-order valence-corrected chi connectivity index (χ0v) is 11.1. The quantitative estimate of drug-likeness (QED) is 0.789. The van der Waals surface area contributed by atoms with Crippen LogP contribution in [0.5, 0.6) is 0 Å². The van der Waals surface area contributed by atoms with Crippen LogP contribution in [0.4, 0.5) is 4.39 Å². The second-order valence-corrected chi connectivity index (χ2v) is 4.26. The van der Waals surface area contributed by atoms with Crippen molar-refractivity contribution in [2.75, 3.05) is 26.4 Å². The van der Waals surface area contributed by atoms with Gasteiger partial charge in [-0.2, -0.15) is 0 Å². The van der Waals surface area contributed by atoms with Crippen LogP contribution >= 0.6 is 0 Å². The van der Waals surface area contributed by atoms with Crippen molar-refractivity contribution in [3.63, 3.8) is 0 Å². The minimum atomic E-state index is -0.490. The Labute approximate surface area is 115 Å². The molecule has 2 N–H and O–H groups in total. The topological polar surface area (TPSA) is 71.7 Å². The van der Waals surface area contributed by atoms with E-state index in [0.717, 1.165) is 0 Å². The molecule has 0 aliphatic rings. The predicted octanol–water partition coefficient (Wildman–Crippen LogP) is 1.62. The highest BCUT2D eigenvalue weighted by Crippen LogP contribution is 2.27. The van der Waals surface area contributed by atoms with E-state index in [1.807, 2.05) is 0 Å². The molecule has 0 bridgehead atoms. The Morgan fingerprint density at radius 3 is 2.95 bits per heavy atom. The van der Waals surface area contributed by atoms with Gasteiger partial charge in [-0.1, -0.05) is 12.1 Å². The fourth-order valence-corrected chi connectivity index (χ4v) is 1.91. The summed E-state index contributed by atoms with van der Waals surface area (Å²) in [6, 6.07) is 4.57. The number of benzene rings is 1. The number of fused-ring (bicyclic) bond motifs is 1. The molecule has 1 heterocycles. The number of amides is 1. The van der Waals surface area contributed by atoms with Crippen LogP contribution in [0.15, 0.2) is 22.6 Å². The van der Waals surface area contributed by atoms with E-state index in [1.165, 1.54) is 6.07 Å². The molecule has 0 atom stereocenters. The maximum absolute atomic E-state index is 13.6. The lowest BCUT2D eigenvalue weighted by atomic mass is 10.1. The van der Waals surface area contributed by atoms with E-state index < -0.39 is 11.7 Å². The zero-order valence-electron chi connectivity index (χ0n) is 11.1. The standard InChI is InChI=1S/C14H16FNO4/c1-9-10-3-2-4-11(15)13(10)20-12(9)14(18)16-5-7-19-8-6-17/h2-4,17H,5-8H2,1H3,(H,16,18). The number of carbonyl (C=O) groups excluding carboxylic acids is 1. The lowest BCUT2D eigenvalue weighted by Gasteiger charge is -2.04. The number of furan rings is 1. The number of aryl methyl sites for hydroxylation is 1. The van der Waals surface area contributed by atoms with E-state index in [4.69, 9.17) is 14.3 Å². The van der Waals surface area contributed by atoms with E-state index in [-0.39, 0.29) is 31.1 Å². The van der Waals surface area contributed by atoms with Gasteiger partial charge < -0.3 is 19.6 Å². The normalized spacial score (nSPS) is 10.9. The average Bonchev–Trinajstić information content (AvgIpc) is 2.78. The highest BCUT2D eigenvalue weighted by molar-refractivity contribution is 5.98. The van der Waals surface area contributed by atoms with Crippen LogP contribution in [0, 0.1) is 12.7 Å². The smallest absolute Gasteiger partial charge is 0.287 e. The summed E-state index contributed by atoms with van der Waals surface area (Å²) >= 11 is 0. The van der Waals surface area contributed by atoms with Gasteiger partial charge in [0.1, 0.15) is 0 Å². The molecule has 0 saturated heterocycles. The first-order chi connectivity index (χ1) is 9.65. The molecule has 0 fully saturated rings. The molecule has 2 rings (SSSR count). The molecule has 0 spiro atoms. The van der Waals surface area contributed by atoms with Crippen molar-refractivity contribution < 1.29 is 23.4 Å². The fraction of sp³-hybridized carbons (Fsp3) is 0.357. The van der Waals surface area contributed by atoms with Crippen molar-refractivity contribution in [2.45, 2.75) is 6.92 Å². The first-order valence-corrected chi connectivity index (χ1v) is 6.29. The summed E-state index contributed by atoms with van der Waals surface area (Å²) in [6.45, 7) is 2.46. The molecule has 0 saturated carbocycles. The predicted molar refractivity (Wildman–Crippen MR) is 71.1 cm³/mol. The van der Waals surface area contributed by atoms with Crippen molar-refractivity contribution in [1.82, 2.24) is 5.32 Å². The Hall–Kier alpha value is -1.92. The van der Waals surface area contributed by atoms with Gasteiger partial charge in [0.25, 0.3) is 5.91 Å². The van der Waals surface area contributed by atoms with Gasteiger partial charge in [-0.05, 0) is 13.0 Å². The number of ether oxygens (including phenoxy) is 1. The van der Waals surface area contributed by atoms with Gasteiger partial charge in [0.15, 0.2) is 17.2 Å². The molecule has 6 heteroatoms. The van der Waals surface area contributed by atoms with E-state index in [1.54, 1.807) is 19.1 Å². The third-order valence-electron chi connectivity index (χ3n) is 2.89. The van der Waals surface area contributed by atoms with Gasteiger partial charge in [-0.3, -0.25) is 4.79 Å². The minimum absolute atomic E-state index is 0.0596. The van der Waals surface area contributed by atoms with Gasteiger partial charge in [0.05, 0.1) is 19.8 Å². The molecule has 5 nitrogen and oxygen atoms in total. The van der Waals surface area contributed by atoms with Crippen molar-refractivity contribution >= 4 is 16.9 Å². The first-order valence-electron chi connectivity index (χ1n) is 6.29. The number of halogens is 1. The Bertz CT molecular complexity index is 608. The summed E-state index contributed by atoms with van der Waals surface area (Å²) in [6.07, 6.45) is 0. The van der Waals surface area contributed by atoms with Crippen molar-refractivity contribution in [3.05, 3.63) is 35.3 Å². The summed E-state index contributed by atoms with van der Waals surface area (Å²) in [5, 5.41) is 11.7. The van der Waals surface area contributed by atoms with Crippen molar-refractivity contribution in [1.29, 1.82) is 0 Å².